The van der Waals surface area contributed by atoms with Gasteiger partial charge in [-0.15, -0.1) is 0 Å². The first kappa shape index (κ1) is 16.0. The summed E-state index contributed by atoms with van der Waals surface area (Å²) in [5.41, 5.74) is 2.73. The van der Waals surface area contributed by atoms with Gasteiger partial charge in [-0.05, 0) is 42.8 Å². The molecule has 6 heteroatoms. The van der Waals surface area contributed by atoms with Crippen molar-refractivity contribution in [3.63, 3.8) is 0 Å². The molecule has 2 N–H and O–H groups in total. The molecule has 0 saturated carbocycles. The zero-order chi connectivity index (χ0) is 16.9. The van der Waals surface area contributed by atoms with E-state index in [2.05, 4.69) is 20.6 Å². The van der Waals surface area contributed by atoms with Gasteiger partial charge in [-0.1, -0.05) is 35.9 Å². The number of hydrogen-bond donors (Lipinski definition) is 2. The Morgan fingerprint density at radius 1 is 1.08 bits per heavy atom. The summed E-state index contributed by atoms with van der Waals surface area (Å²) in [7, 11) is 0. The number of amides is 1. The molecule has 0 aliphatic carbocycles. The number of benzene rings is 2. The van der Waals surface area contributed by atoms with Crippen molar-refractivity contribution in [2.45, 2.75) is 6.92 Å². The lowest BCUT2D eigenvalue weighted by molar-refractivity contribution is 0.102. The minimum absolute atomic E-state index is 0.265. The fraction of sp³-hybridized carbons (Fsp3) is 0.0556. The summed E-state index contributed by atoms with van der Waals surface area (Å²) >= 11 is 6.10. The fourth-order valence-corrected chi connectivity index (χ4v) is 2.33. The molecule has 0 aliphatic rings. The number of carbonyl (C=O) groups is 1. The van der Waals surface area contributed by atoms with Crippen LogP contribution in [-0.2, 0) is 0 Å². The number of rotatable bonds is 4. The van der Waals surface area contributed by atoms with Gasteiger partial charge in [0.25, 0.3) is 5.91 Å². The Bertz CT molecular complexity index is 882. The number of anilines is 3. The van der Waals surface area contributed by atoms with Gasteiger partial charge in [0.1, 0.15) is 5.69 Å². The van der Waals surface area contributed by atoms with Gasteiger partial charge in [0.15, 0.2) is 0 Å². The monoisotopic (exact) mass is 338 g/mol. The minimum atomic E-state index is -0.301. The van der Waals surface area contributed by atoms with Crippen LogP contribution in [0.4, 0.5) is 17.3 Å². The first-order valence-corrected chi connectivity index (χ1v) is 7.72. The van der Waals surface area contributed by atoms with E-state index >= 15 is 0 Å². The van der Waals surface area contributed by atoms with Gasteiger partial charge in [-0.2, -0.15) is 0 Å². The molecule has 0 atom stereocenters. The lowest BCUT2D eigenvalue weighted by Gasteiger charge is -2.08. The molecule has 24 heavy (non-hydrogen) atoms. The van der Waals surface area contributed by atoms with Gasteiger partial charge in [-0.3, -0.25) is 4.79 Å². The van der Waals surface area contributed by atoms with Crippen molar-refractivity contribution in [3.8, 4) is 0 Å². The van der Waals surface area contributed by atoms with E-state index in [4.69, 9.17) is 11.6 Å². The normalized spacial score (nSPS) is 10.2. The summed E-state index contributed by atoms with van der Waals surface area (Å²) in [5, 5.41) is 6.38. The molecule has 1 aromatic heterocycles. The summed E-state index contributed by atoms with van der Waals surface area (Å²) in [4.78, 5) is 20.7. The Kier molecular flexibility index (Phi) is 4.72. The Balaban J connectivity index is 1.77. The van der Waals surface area contributed by atoms with E-state index in [0.29, 0.717) is 16.7 Å². The predicted octanol–water partition coefficient (Wildman–Crippen LogP) is 4.43. The smallest absolute Gasteiger partial charge is 0.274 e. The molecule has 120 valence electrons. The largest absolute Gasteiger partial charge is 0.323 e. The summed E-state index contributed by atoms with van der Waals surface area (Å²) in [6, 6.07) is 16.4. The molecule has 1 amide bonds. The fourth-order valence-electron chi connectivity index (χ4n) is 2.15. The van der Waals surface area contributed by atoms with E-state index in [0.717, 1.165) is 11.3 Å². The Morgan fingerprint density at radius 3 is 2.71 bits per heavy atom. The molecule has 3 aromatic rings. The van der Waals surface area contributed by atoms with Crippen LogP contribution in [0.15, 0.2) is 60.8 Å². The SMILES string of the molecule is Cc1cccc(NC(=O)c2ccnc(Nc3ccccc3Cl)n2)c1. The molecule has 5 nitrogen and oxygen atoms in total. The summed E-state index contributed by atoms with van der Waals surface area (Å²) in [6.45, 7) is 1.96. The quantitative estimate of drug-likeness (QED) is 0.738. The van der Waals surface area contributed by atoms with Crippen LogP contribution in [0.25, 0.3) is 0 Å². The highest BCUT2D eigenvalue weighted by molar-refractivity contribution is 6.33. The second-order valence-corrected chi connectivity index (χ2v) is 5.60. The van der Waals surface area contributed by atoms with Crippen molar-refractivity contribution >= 4 is 34.8 Å². The van der Waals surface area contributed by atoms with Crippen molar-refractivity contribution in [1.82, 2.24) is 9.97 Å². The Morgan fingerprint density at radius 2 is 1.92 bits per heavy atom. The molecule has 0 bridgehead atoms. The van der Waals surface area contributed by atoms with Gasteiger partial charge in [0, 0.05) is 11.9 Å². The maximum absolute atomic E-state index is 12.3. The molecule has 2 aromatic carbocycles. The van der Waals surface area contributed by atoms with Crippen molar-refractivity contribution in [1.29, 1.82) is 0 Å². The van der Waals surface area contributed by atoms with E-state index in [1.54, 1.807) is 12.1 Å². The molecule has 3 rings (SSSR count). The van der Waals surface area contributed by atoms with E-state index in [1.807, 2.05) is 49.4 Å². The van der Waals surface area contributed by atoms with Gasteiger partial charge in [0.2, 0.25) is 5.95 Å². The number of aromatic nitrogens is 2. The van der Waals surface area contributed by atoms with Crippen LogP contribution in [0.1, 0.15) is 16.1 Å². The predicted molar refractivity (Wildman–Crippen MR) is 95.9 cm³/mol. The lowest BCUT2D eigenvalue weighted by Crippen LogP contribution is -2.14. The Hall–Kier alpha value is -2.92. The zero-order valence-corrected chi connectivity index (χ0v) is 13.7. The first-order chi connectivity index (χ1) is 11.6. The topological polar surface area (TPSA) is 66.9 Å². The number of halogens is 1. The maximum atomic E-state index is 12.3. The van der Waals surface area contributed by atoms with Crippen LogP contribution in [0, 0.1) is 6.92 Å². The number of nitrogens with one attached hydrogen (secondary N) is 2. The molecule has 0 saturated heterocycles. The van der Waals surface area contributed by atoms with E-state index in [1.165, 1.54) is 6.20 Å². The average molecular weight is 339 g/mol. The lowest BCUT2D eigenvalue weighted by atomic mass is 10.2. The summed E-state index contributed by atoms with van der Waals surface area (Å²) in [6.07, 6.45) is 1.53. The van der Waals surface area contributed by atoms with Gasteiger partial charge < -0.3 is 10.6 Å². The first-order valence-electron chi connectivity index (χ1n) is 7.34. The van der Waals surface area contributed by atoms with E-state index in [-0.39, 0.29) is 11.6 Å². The summed E-state index contributed by atoms with van der Waals surface area (Å²) < 4.78 is 0. The van der Waals surface area contributed by atoms with Crippen LogP contribution < -0.4 is 10.6 Å². The highest BCUT2D eigenvalue weighted by Crippen LogP contribution is 2.23. The van der Waals surface area contributed by atoms with E-state index in [9.17, 15) is 4.79 Å². The third kappa shape index (κ3) is 3.88. The maximum Gasteiger partial charge on any atom is 0.274 e. The number of aryl methyl sites for hydroxylation is 1. The standard InChI is InChI=1S/C18H15ClN4O/c1-12-5-4-6-13(11-12)21-17(24)16-9-10-20-18(23-16)22-15-8-3-2-7-14(15)19/h2-11H,1H3,(H,21,24)(H,20,22,23). The molecule has 0 radical (unpaired) electrons. The molecule has 0 fully saturated rings. The van der Waals surface area contributed by atoms with Gasteiger partial charge in [-0.25, -0.2) is 9.97 Å². The van der Waals surface area contributed by atoms with Crippen molar-refractivity contribution < 1.29 is 4.79 Å². The van der Waals surface area contributed by atoms with Crippen molar-refractivity contribution in [2.24, 2.45) is 0 Å². The summed E-state index contributed by atoms with van der Waals surface area (Å²) in [5.74, 6) is 0.00482. The molecule has 0 unspecified atom stereocenters. The van der Waals surface area contributed by atoms with E-state index < -0.39 is 0 Å². The highest BCUT2D eigenvalue weighted by Gasteiger charge is 2.10. The second kappa shape index (κ2) is 7.10. The van der Waals surface area contributed by atoms with Crippen LogP contribution in [-0.4, -0.2) is 15.9 Å². The molecular formula is C18H15ClN4O. The van der Waals surface area contributed by atoms with Gasteiger partial charge in [0.05, 0.1) is 10.7 Å². The average Bonchev–Trinajstić information content (AvgIpc) is 2.57. The number of carbonyl (C=O) groups excluding carboxylic acids is 1. The number of nitrogens with zero attached hydrogens (tertiary/aromatic N) is 2. The highest BCUT2D eigenvalue weighted by atomic mass is 35.5. The Labute approximate surface area is 144 Å². The number of hydrogen-bond acceptors (Lipinski definition) is 4. The molecule has 0 spiro atoms. The molecule has 1 heterocycles. The number of para-hydroxylation sites is 1. The minimum Gasteiger partial charge on any atom is -0.323 e. The third-order valence-electron chi connectivity index (χ3n) is 3.28. The zero-order valence-electron chi connectivity index (χ0n) is 13.0. The van der Waals surface area contributed by atoms with Gasteiger partial charge >= 0.3 is 0 Å². The van der Waals surface area contributed by atoms with Crippen LogP contribution in [0.2, 0.25) is 5.02 Å². The third-order valence-corrected chi connectivity index (χ3v) is 3.61. The van der Waals surface area contributed by atoms with Crippen molar-refractivity contribution in [3.05, 3.63) is 77.1 Å². The van der Waals surface area contributed by atoms with Crippen molar-refractivity contribution in [2.75, 3.05) is 10.6 Å². The molecule has 0 aliphatic heterocycles. The van der Waals surface area contributed by atoms with Crippen LogP contribution in [0.3, 0.4) is 0 Å². The second-order valence-electron chi connectivity index (χ2n) is 5.19. The van der Waals surface area contributed by atoms with Crippen LogP contribution in [0.5, 0.6) is 0 Å². The van der Waals surface area contributed by atoms with Crippen LogP contribution >= 0.6 is 11.6 Å². The molecular weight excluding hydrogens is 324 g/mol.